The highest BCUT2D eigenvalue weighted by atomic mass is 35.5. The van der Waals surface area contributed by atoms with Crippen molar-refractivity contribution in [3.05, 3.63) is 23.4 Å². The molecule has 6 heteroatoms. The average molecular weight is 255 g/mol. The normalized spacial score (nSPS) is 12.9. The first-order valence-corrected chi connectivity index (χ1v) is 5.93. The third-order valence-electron chi connectivity index (χ3n) is 2.24. The van der Waals surface area contributed by atoms with Crippen LogP contribution in [-0.2, 0) is 4.74 Å². The van der Waals surface area contributed by atoms with E-state index in [4.69, 9.17) is 16.3 Å². The van der Waals surface area contributed by atoms with Gasteiger partial charge in [0.05, 0.1) is 11.6 Å². The van der Waals surface area contributed by atoms with Crippen LogP contribution in [-0.4, -0.2) is 33.9 Å². The number of nitrogens with zero attached hydrogens (tertiary/aromatic N) is 3. The highest BCUT2D eigenvalue weighted by molar-refractivity contribution is 6.30. The molecule has 2 heterocycles. The van der Waals surface area contributed by atoms with Gasteiger partial charge in [-0.3, -0.25) is 0 Å². The molecule has 0 fully saturated rings. The van der Waals surface area contributed by atoms with Crippen molar-refractivity contribution in [2.45, 2.75) is 19.9 Å². The lowest BCUT2D eigenvalue weighted by Crippen LogP contribution is -2.22. The summed E-state index contributed by atoms with van der Waals surface area (Å²) in [6.45, 7) is 5.33. The summed E-state index contributed by atoms with van der Waals surface area (Å²) in [5, 5.41) is 8.09. The Kier molecular flexibility index (Phi) is 3.81. The summed E-state index contributed by atoms with van der Waals surface area (Å²) in [5.74, 6) is 0.583. The molecule has 0 bridgehead atoms. The molecule has 0 saturated heterocycles. The fraction of sp³-hybridized carbons (Fsp3) is 0.455. The van der Waals surface area contributed by atoms with E-state index in [1.165, 1.54) is 0 Å². The van der Waals surface area contributed by atoms with E-state index < -0.39 is 0 Å². The van der Waals surface area contributed by atoms with Gasteiger partial charge in [0.15, 0.2) is 5.65 Å². The summed E-state index contributed by atoms with van der Waals surface area (Å²) in [5.41, 5.74) is 0.764. The Hall–Kier alpha value is -1.33. The number of rotatable bonds is 5. The van der Waals surface area contributed by atoms with Crippen molar-refractivity contribution < 1.29 is 4.74 Å². The van der Waals surface area contributed by atoms with Gasteiger partial charge in [-0.15, -0.1) is 5.10 Å². The molecule has 1 N–H and O–H groups in total. The maximum Gasteiger partial charge on any atom is 0.243 e. The first-order valence-electron chi connectivity index (χ1n) is 5.55. The highest BCUT2D eigenvalue weighted by Gasteiger charge is 2.07. The van der Waals surface area contributed by atoms with Crippen LogP contribution in [0.5, 0.6) is 0 Å². The van der Waals surface area contributed by atoms with Gasteiger partial charge in [-0.1, -0.05) is 11.6 Å². The van der Waals surface area contributed by atoms with Crippen molar-refractivity contribution in [1.29, 1.82) is 0 Å². The molecule has 0 spiro atoms. The Balaban J connectivity index is 2.08. The van der Waals surface area contributed by atoms with Crippen LogP contribution in [0.25, 0.3) is 5.65 Å². The molecule has 2 rings (SSSR count). The topological polar surface area (TPSA) is 51.5 Å². The van der Waals surface area contributed by atoms with Crippen molar-refractivity contribution in [3.8, 4) is 0 Å². The number of aromatic nitrogens is 3. The third kappa shape index (κ3) is 3.08. The quantitative estimate of drug-likeness (QED) is 0.889. The lowest BCUT2D eigenvalue weighted by Gasteiger charge is -2.11. The second-order valence-corrected chi connectivity index (χ2v) is 4.23. The fourth-order valence-corrected chi connectivity index (χ4v) is 1.63. The van der Waals surface area contributed by atoms with Gasteiger partial charge in [-0.25, -0.2) is 4.52 Å². The molecular formula is C11H15ClN4O. The van der Waals surface area contributed by atoms with Gasteiger partial charge in [-0.05, 0) is 26.0 Å². The SMILES string of the molecule is CCOCC(C)Nc1nc2ccc(Cl)cn2n1. The van der Waals surface area contributed by atoms with Gasteiger partial charge in [0.25, 0.3) is 0 Å². The van der Waals surface area contributed by atoms with Crippen LogP contribution in [0.3, 0.4) is 0 Å². The lowest BCUT2D eigenvalue weighted by atomic mass is 10.4. The molecule has 0 aliphatic carbocycles. The Bertz CT molecular complexity index is 499. The molecule has 0 saturated carbocycles. The van der Waals surface area contributed by atoms with E-state index in [1.54, 1.807) is 16.8 Å². The predicted molar refractivity (Wildman–Crippen MR) is 67.6 cm³/mol. The smallest absolute Gasteiger partial charge is 0.243 e. The number of hydrogen-bond donors (Lipinski definition) is 1. The van der Waals surface area contributed by atoms with Crippen molar-refractivity contribution in [3.63, 3.8) is 0 Å². The molecule has 2 aromatic heterocycles. The van der Waals surface area contributed by atoms with Gasteiger partial charge in [0.2, 0.25) is 5.95 Å². The molecule has 0 amide bonds. The Morgan fingerprint density at radius 1 is 1.53 bits per heavy atom. The van der Waals surface area contributed by atoms with E-state index in [1.807, 2.05) is 19.9 Å². The monoisotopic (exact) mass is 254 g/mol. The molecule has 0 aliphatic heterocycles. The van der Waals surface area contributed by atoms with Crippen molar-refractivity contribution >= 4 is 23.2 Å². The van der Waals surface area contributed by atoms with Gasteiger partial charge in [0.1, 0.15) is 0 Å². The molecule has 0 aliphatic rings. The number of nitrogens with one attached hydrogen (secondary N) is 1. The summed E-state index contributed by atoms with van der Waals surface area (Å²) in [6.07, 6.45) is 1.72. The van der Waals surface area contributed by atoms with E-state index in [-0.39, 0.29) is 6.04 Å². The predicted octanol–water partition coefficient (Wildman–Crippen LogP) is 2.22. The Morgan fingerprint density at radius 3 is 3.12 bits per heavy atom. The second kappa shape index (κ2) is 5.33. The molecule has 1 unspecified atom stereocenters. The van der Waals surface area contributed by atoms with Crippen LogP contribution in [0.2, 0.25) is 5.02 Å². The number of ether oxygens (including phenoxy) is 1. The molecule has 0 radical (unpaired) electrons. The van der Waals surface area contributed by atoms with Gasteiger partial charge >= 0.3 is 0 Å². The molecule has 2 aromatic rings. The summed E-state index contributed by atoms with van der Waals surface area (Å²) >= 11 is 5.87. The molecule has 17 heavy (non-hydrogen) atoms. The van der Waals surface area contributed by atoms with Crippen molar-refractivity contribution in [2.24, 2.45) is 0 Å². The zero-order chi connectivity index (χ0) is 12.3. The maximum absolute atomic E-state index is 5.87. The maximum atomic E-state index is 5.87. The van der Waals surface area contributed by atoms with Crippen LogP contribution in [0, 0.1) is 0 Å². The molecule has 1 atom stereocenters. The first-order chi connectivity index (χ1) is 8.19. The zero-order valence-electron chi connectivity index (χ0n) is 9.85. The van der Waals surface area contributed by atoms with E-state index in [0.717, 1.165) is 5.65 Å². The van der Waals surface area contributed by atoms with Gasteiger partial charge in [0, 0.05) is 18.8 Å². The molecular weight excluding hydrogens is 240 g/mol. The number of halogens is 1. The largest absolute Gasteiger partial charge is 0.380 e. The van der Waals surface area contributed by atoms with Crippen molar-refractivity contribution in [2.75, 3.05) is 18.5 Å². The first kappa shape index (κ1) is 12.1. The number of anilines is 1. The minimum absolute atomic E-state index is 0.169. The lowest BCUT2D eigenvalue weighted by molar-refractivity contribution is 0.141. The van der Waals surface area contributed by atoms with Crippen molar-refractivity contribution in [1.82, 2.24) is 14.6 Å². The highest BCUT2D eigenvalue weighted by Crippen LogP contribution is 2.11. The number of pyridine rings is 1. The van der Waals surface area contributed by atoms with E-state index in [0.29, 0.717) is 24.2 Å². The van der Waals surface area contributed by atoms with E-state index in [2.05, 4.69) is 15.4 Å². The Morgan fingerprint density at radius 2 is 2.35 bits per heavy atom. The summed E-state index contributed by atoms with van der Waals surface area (Å²) in [7, 11) is 0. The average Bonchev–Trinajstić information content (AvgIpc) is 2.67. The van der Waals surface area contributed by atoms with Gasteiger partial charge < -0.3 is 10.1 Å². The van der Waals surface area contributed by atoms with E-state index >= 15 is 0 Å². The Labute approximate surface area is 105 Å². The summed E-state index contributed by atoms with van der Waals surface area (Å²) in [6, 6.07) is 3.79. The third-order valence-corrected chi connectivity index (χ3v) is 2.47. The molecule has 92 valence electrons. The molecule has 5 nitrogen and oxygen atoms in total. The van der Waals surface area contributed by atoms with Crippen LogP contribution in [0.4, 0.5) is 5.95 Å². The summed E-state index contributed by atoms with van der Waals surface area (Å²) in [4.78, 5) is 4.33. The minimum Gasteiger partial charge on any atom is -0.380 e. The van der Waals surface area contributed by atoms with E-state index in [9.17, 15) is 0 Å². The second-order valence-electron chi connectivity index (χ2n) is 3.79. The minimum atomic E-state index is 0.169. The van der Waals surface area contributed by atoms with Crippen LogP contribution >= 0.6 is 11.6 Å². The molecule has 0 aromatic carbocycles. The van der Waals surface area contributed by atoms with Crippen LogP contribution in [0.15, 0.2) is 18.3 Å². The number of hydrogen-bond acceptors (Lipinski definition) is 4. The zero-order valence-corrected chi connectivity index (χ0v) is 10.6. The van der Waals surface area contributed by atoms with Gasteiger partial charge in [-0.2, -0.15) is 4.98 Å². The summed E-state index contributed by atoms with van der Waals surface area (Å²) < 4.78 is 6.97. The fourth-order valence-electron chi connectivity index (χ4n) is 1.48. The standard InChI is InChI=1S/C11H15ClN4O/c1-3-17-7-8(2)13-11-14-10-5-4-9(12)6-16(10)15-11/h4-6,8H,3,7H2,1-2H3,(H,13,15). The van der Waals surface area contributed by atoms with Crippen LogP contribution in [0.1, 0.15) is 13.8 Å². The van der Waals surface area contributed by atoms with Crippen LogP contribution < -0.4 is 5.32 Å². The number of fused-ring (bicyclic) bond motifs is 1.